The van der Waals surface area contributed by atoms with E-state index in [1.165, 1.54) is 0 Å². The van der Waals surface area contributed by atoms with Gasteiger partial charge in [-0.05, 0) is 29.7 Å². The molecule has 7 heteroatoms. The zero-order valence-electron chi connectivity index (χ0n) is 17.6. The fourth-order valence-electron chi connectivity index (χ4n) is 3.94. The van der Waals surface area contributed by atoms with Gasteiger partial charge in [-0.1, -0.05) is 26.0 Å². The first-order chi connectivity index (χ1) is 14.6. The fraction of sp³-hybridized carbons (Fsp3) is 0.478. The molecule has 2 aromatic rings. The van der Waals surface area contributed by atoms with Crippen LogP contribution in [0.25, 0.3) is 0 Å². The Morgan fingerprint density at radius 2 is 2.00 bits per heavy atom. The second kappa shape index (κ2) is 9.45. The quantitative estimate of drug-likeness (QED) is 0.698. The number of hydrogen-bond donors (Lipinski definition) is 0. The Balaban J connectivity index is 1.49. The first-order valence-electron chi connectivity index (χ1n) is 10.5. The van der Waals surface area contributed by atoms with E-state index in [0.29, 0.717) is 38.7 Å². The van der Waals surface area contributed by atoms with Crippen LogP contribution in [0.4, 0.5) is 0 Å². The van der Waals surface area contributed by atoms with E-state index in [-0.39, 0.29) is 18.8 Å². The summed E-state index contributed by atoms with van der Waals surface area (Å²) in [6, 6.07) is 9.81. The molecule has 30 heavy (non-hydrogen) atoms. The Kier molecular flexibility index (Phi) is 6.50. The van der Waals surface area contributed by atoms with Crippen molar-refractivity contribution in [2.45, 2.75) is 33.1 Å². The molecule has 4 rings (SSSR count). The molecule has 1 aromatic heterocycles. The van der Waals surface area contributed by atoms with Gasteiger partial charge in [0.25, 0.3) is 0 Å². The molecule has 0 aliphatic carbocycles. The van der Waals surface area contributed by atoms with Crippen molar-refractivity contribution in [1.82, 2.24) is 14.8 Å². The molecule has 0 spiro atoms. The molecular weight excluding hydrogens is 382 g/mol. The molecule has 7 nitrogen and oxygen atoms in total. The first-order valence-corrected chi connectivity index (χ1v) is 10.5. The predicted molar refractivity (Wildman–Crippen MR) is 112 cm³/mol. The lowest BCUT2D eigenvalue weighted by Crippen LogP contribution is -2.40. The second-order valence-corrected chi connectivity index (χ2v) is 8.30. The van der Waals surface area contributed by atoms with Gasteiger partial charge in [-0.15, -0.1) is 0 Å². The van der Waals surface area contributed by atoms with Crippen LogP contribution in [0, 0.1) is 5.92 Å². The van der Waals surface area contributed by atoms with Crippen molar-refractivity contribution in [3.63, 3.8) is 0 Å². The van der Waals surface area contributed by atoms with Crippen LogP contribution in [-0.4, -0.2) is 59.8 Å². The molecule has 0 saturated carbocycles. The van der Waals surface area contributed by atoms with Crippen molar-refractivity contribution in [2.75, 3.05) is 33.0 Å². The van der Waals surface area contributed by atoms with Crippen molar-refractivity contribution in [3.8, 4) is 11.5 Å². The van der Waals surface area contributed by atoms with Gasteiger partial charge in [-0.25, -0.2) is 0 Å². The second-order valence-electron chi connectivity index (χ2n) is 8.30. The fourth-order valence-corrected chi connectivity index (χ4v) is 3.94. The standard InChI is InChI=1S/C23H29N3O4/c1-17(2)10-26-13-20(28-15-18-6-8-24-9-7-18)12-25(14-22(26)27)11-19-4-3-5-21-23(19)30-16-29-21/h3-9,17,20H,10-16H2,1-2H3. The van der Waals surface area contributed by atoms with E-state index in [0.717, 1.165) is 29.2 Å². The van der Waals surface area contributed by atoms with Gasteiger partial charge in [0.05, 0.1) is 19.3 Å². The summed E-state index contributed by atoms with van der Waals surface area (Å²) in [6.45, 7) is 8.00. The average Bonchev–Trinajstić information content (AvgIpc) is 3.16. The molecule has 3 heterocycles. The highest BCUT2D eigenvalue weighted by Crippen LogP contribution is 2.36. The van der Waals surface area contributed by atoms with Gasteiger partial charge in [0, 0.05) is 44.1 Å². The number of fused-ring (bicyclic) bond motifs is 1. The van der Waals surface area contributed by atoms with E-state index < -0.39 is 0 Å². The Hall–Kier alpha value is -2.64. The number of benzene rings is 1. The normalized spacial score (nSPS) is 19.4. The van der Waals surface area contributed by atoms with Crippen molar-refractivity contribution in [1.29, 1.82) is 0 Å². The Morgan fingerprint density at radius 1 is 1.17 bits per heavy atom. The number of pyridine rings is 1. The molecule has 1 unspecified atom stereocenters. The van der Waals surface area contributed by atoms with Gasteiger partial charge >= 0.3 is 0 Å². The monoisotopic (exact) mass is 411 g/mol. The third-order valence-corrected chi connectivity index (χ3v) is 5.29. The summed E-state index contributed by atoms with van der Waals surface area (Å²) >= 11 is 0. The lowest BCUT2D eigenvalue weighted by Gasteiger charge is -2.26. The molecule has 1 saturated heterocycles. The molecule has 0 N–H and O–H groups in total. The predicted octanol–water partition coefficient (Wildman–Crippen LogP) is 2.70. The Bertz CT molecular complexity index is 859. The molecule has 2 aliphatic rings. The van der Waals surface area contributed by atoms with E-state index in [2.05, 4.69) is 23.7 Å². The summed E-state index contributed by atoms with van der Waals surface area (Å²) in [6.07, 6.45) is 3.47. The Morgan fingerprint density at radius 3 is 2.80 bits per heavy atom. The molecule has 0 bridgehead atoms. The highest BCUT2D eigenvalue weighted by Gasteiger charge is 2.30. The van der Waals surface area contributed by atoms with Gasteiger partial charge < -0.3 is 19.1 Å². The zero-order valence-corrected chi connectivity index (χ0v) is 17.6. The van der Waals surface area contributed by atoms with Crippen molar-refractivity contribution in [2.24, 2.45) is 5.92 Å². The summed E-state index contributed by atoms with van der Waals surface area (Å²) in [7, 11) is 0. The van der Waals surface area contributed by atoms with Crippen LogP contribution in [0.2, 0.25) is 0 Å². The molecule has 160 valence electrons. The van der Waals surface area contributed by atoms with Crippen LogP contribution in [-0.2, 0) is 22.7 Å². The van der Waals surface area contributed by atoms with Crippen molar-refractivity contribution in [3.05, 3.63) is 53.9 Å². The van der Waals surface area contributed by atoms with E-state index in [9.17, 15) is 4.79 Å². The third-order valence-electron chi connectivity index (χ3n) is 5.29. The zero-order chi connectivity index (χ0) is 20.9. The Labute approximate surface area is 177 Å². The number of carbonyl (C=O) groups excluding carboxylic acids is 1. The van der Waals surface area contributed by atoms with E-state index >= 15 is 0 Å². The number of nitrogens with zero attached hydrogens (tertiary/aromatic N) is 3. The highest BCUT2D eigenvalue weighted by atomic mass is 16.7. The minimum atomic E-state index is -0.0719. The number of amides is 1. The van der Waals surface area contributed by atoms with Crippen molar-refractivity contribution < 1.29 is 19.0 Å². The first kappa shape index (κ1) is 20.6. The van der Waals surface area contributed by atoms with Gasteiger partial charge in [0.1, 0.15) is 0 Å². The molecule has 1 amide bonds. The van der Waals surface area contributed by atoms with Crippen LogP contribution in [0.5, 0.6) is 11.5 Å². The minimum absolute atomic E-state index is 0.0719. The third kappa shape index (κ3) is 5.09. The molecule has 0 radical (unpaired) electrons. The van der Waals surface area contributed by atoms with Gasteiger partial charge in [0.15, 0.2) is 11.5 Å². The summed E-state index contributed by atoms with van der Waals surface area (Å²) in [4.78, 5) is 21.1. The van der Waals surface area contributed by atoms with Crippen LogP contribution >= 0.6 is 0 Å². The van der Waals surface area contributed by atoms with Crippen LogP contribution in [0.1, 0.15) is 25.0 Å². The number of aromatic nitrogens is 1. The summed E-state index contributed by atoms with van der Waals surface area (Å²) in [5.74, 6) is 2.09. The highest BCUT2D eigenvalue weighted by molar-refractivity contribution is 5.78. The maximum atomic E-state index is 13.0. The van der Waals surface area contributed by atoms with E-state index in [4.69, 9.17) is 14.2 Å². The topological polar surface area (TPSA) is 64.1 Å². The van der Waals surface area contributed by atoms with Crippen LogP contribution < -0.4 is 9.47 Å². The lowest BCUT2D eigenvalue weighted by atomic mass is 10.1. The number of carbonyl (C=O) groups is 1. The minimum Gasteiger partial charge on any atom is -0.454 e. The molecule has 1 atom stereocenters. The average molecular weight is 412 g/mol. The van der Waals surface area contributed by atoms with Crippen LogP contribution in [0.3, 0.4) is 0 Å². The number of rotatable bonds is 7. The lowest BCUT2D eigenvalue weighted by molar-refractivity contribution is -0.132. The van der Waals surface area contributed by atoms with Gasteiger partial charge in [0.2, 0.25) is 12.7 Å². The molecule has 1 fully saturated rings. The largest absolute Gasteiger partial charge is 0.454 e. The molecule has 2 aliphatic heterocycles. The van der Waals surface area contributed by atoms with Crippen molar-refractivity contribution >= 4 is 5.91 Å². The number of para-hydroxylation sites is 1. The summed E-state index contributed by atoms with van der Waals surface area (Å²) < 4.78 is 17.4. The molecular formula is C23H29N3O4. The van der Waals surface area contributed by atoms with Gasteiger partial charge in [-0.3, -0.25) is 14.7 Å². The van der Waals surface area contributed by atoms with Crippen LogP contribution in [0.15, 0.2) is 42.7 Å². The number of hydrogen-bond acceptors (Lipinski definition) is 6. The molecule has 1 aromatic carbocycles. The summed E-state index contributed by atoms with van der Waals surface area (Å²) in [5.41, 5.74) is 2.11. The smallest absolute Gasteiger partial charge is 0.236 e. The van der Waals surface area contributed by atoms with E-state index in [1.807, 2.05) is 35.2 Å². The maximum Gasteiger partial charge on any atom is 0.236 e. The SMILES string of the molecule is CC(C)CN1CC(OCc2ccncc2)CN(Cc2cccc3c2OCO3)CC1=O. The maximum absolute atomic E-state index is 13.0. The number of ether oxygens (including phenoxy) is 3. The summed E-state index contributed by atoms with van der Waals surface area (Å²) in [5, 5.41) is 0. The van der Waals surface area contributed by atoms with E-state index in [1.54, 1.807) is 12.4 Å². The van der Waals surface area contributed by atoms with Gasteiger partial charge in [-0.2, -0.15) is 0 Å².